The van der Waals surface area contributed by atoms with E-state index in [1.807, 2.05) is 13.8 Å². The lowest BCUT2D eigenvalue weighted by molar-refractivity contribution is 0.0869. The quantitative estimate of drug-likeness (QED) is 0.321. The minimum absolute atomic E-state index is 0.0423. The number of hydrogen-bond acceptors (Lipinski definition) is 8. The predicted octanol–water partition coefficient (Wildman–Crippen LogP) is 5.28. The standard InChI is InChI=1S/C22H35N3O6.C2H6/c1-21(2,13-17-11-19(23-29)24-30-17)9-7-15(26)5-6-16(27)8-10-22(3,4)14-18-12-20(28)25-31-18;1-2/h11-12,15-16,26-27H,5-10,13-14H2,1-4H3,(H,25,28);1-2H3. The molecule has 188 valence electrons. The van der Waals surface area contributed by atoms with Crippen LogP contribution in [-0.4, -0.2) is 32.7 Å². The molecule has 0 bridgehead atoms. The molecule has 0 spiro atoms. The molecule has 0 aliphatic heterocycles. The van der Waals surface area contributed by atoms with Crippen LogP contribution in [-0.2, 0) is 12.8 Å². The Labute approximate surface area is 195 Å². The van der Waals surface area contributed by atoms with E-state index in [9.17, 15) is 19.9 Å². The van der Waals surface area contributed by atoms with Gasteiger partial charge in [-0.25, -0.2) is 0 Å². The van der Waals surface area contributed by atoms with Crippen LogP contribution in [0.4, 0.5) is 5.82 Å². The van der Waals surface area contributed by atoms with E-state index in [0.717, 1.165) is 12.8 Å². The van der Waals surface area contributed by atoms with Crippen LogP contribution in [0.3, 0.4) is 0 Å². The van der Waals surface area contributed by atoms with Crippen molar-refractivity contribution in [3.8, 4) is 0 Å². The number of hydrogen-bond donors (Lipinski definition) is 3. The lowest BCUT2D eigenvalue weighted by Gasteiger charge is -2.26. The number of aromatic amines is 1. The summed E-state index contributed by atoms with van der Waals surface area (Å²) >= 11 is 0. The Morgan fingerprint density at radius 2 is 1.45 bits per heavy atom. The van der Waals surface area contributed by atoms with E-state index >= 15 is 0 Å². The van der Waals surface area contributed by atoms with E-state index in [2.05, 4.69) is 43.2 Å². The van der Waals surface area contributed by atoms with Crippen molar-refractivity contribution in [1.82, 2.24) is 10.3 Å². The number of H-pyrrole nitrogens is 1. The molecule has 0 saturated carbocycles. The van der Waals surface area contributed by atoms with E-state index in [4.69, 9.17) is 9.05 Å². The molecule has 0 aliphatic carbocycles. The molecule has 2 aromatic heterocycles. The molecule has 0 aliphatic rings. The Bertz CT molecular complexity index is 867. The predicted molar refractivity (Wildman–Crippen MR) is 127 cm³/mol. The van der Waals surface area contributed by atoms with E-state index in [0.29, 0.717) is 50.0 Å². The molecule has 2 atom stereocenters. The first kappa shape index (κ1) is 28.8. The summed E-state index contributed by atoms with van der Waals surface area (Å²) in [6.45, 7) is 12.3. The highest BCUT2D eigenvalue weighted by molar-refractivity contribution is 5.25. The molecule has 9 nitrogen and oxygen atoms in total. The number of aromatic nitrogens is 2. The molecule has 33 heavy (non-hydrogen) atoms. The molecule has 2 unspecified atom stereocenters. The summed E-state index contributed by atoms with van der Waals surface area (Å²) in [7, 11) is 0. The average Bonchev–Trinajstić information content (AvgIpc) is 3.38. The number of nitrogens with one attached hydrogen (secondary N) is 1. The van der Waals surface area contributed by atoms with Crippen LogP contribution in [0, 0.1) is 15.7 Å². The fraction of sp³-hybridized carbons (Fsp3) is 0.750. The number of aliphatic hydroxyl groups is 2. The molecule has 0 fully saturated rings. The molecule has 0 radical (unpaired) electrons. The first-order valence-corrected chi connectivity index (χ1v) is 11.8. The first-order chi connectivity index (χ1) is 15.5. The van der Waals surface area contributed by atoms with E-state index in [1.165, 1.54) is 12.1 Å². The fourth-order valence-corrected chi connectivity index (χ4v) is 3.74. The van der Waals surface area contributed by atoms with Gasteiger partial charge in [0.1, 0.15) is 11.5 Å². The van der Waals surface area contributed by atoms with Gasteiger partial charge in [-0.15, -0.1) is 4.91 Å². The van der Waals surface area contributed by atoms with Gasteiger partial charge in [-0.2, -0.15) is 5.16 Å². The Morgan fingerprint density at radius 3 is 1.88 bits per heavy atom. The van der Waals surface area contributed by atoms with Gasteiger partial charge in [-0.1, -0.05) is 46.7 Å². The van der Waals surface area contributed by atoms with Crippen molar-refractivity contribution < 1.29 is 19.3 Å². The zero-order valence-electron chi connectivity index (χ0n) is 20.9. The fourth-order valence-electron chi connectivity index (χ4n) is 3.74. The van der Waals surface area contributed by atoms with Crippen molar-refractivity contribution in [2.75, 3.05) is 0 Å². The summed E-state index contributed by atoms with van der Waals surface area (Å²) in [5, 5.41) is 29.3. The Morgan fingerprint density at radius 1 is 0.939 bits per heavy atom. The van der Waals surface area contributed by atoms with Crippen molar-refractivity contribution in [2.45, 2.75) is 105 Å². The molecular formula is C24H41N3O6. The van der Waals surface area contributed by atoms with Gasteiger partial charge in [0.15, 0.2) is 0 Å². The van der Waals surface area contributed by atoms with Crippen LogP contribution in [0.2, 0.25) is 0 Å². The second-order valence-corrected chi connectivity index (χ2v) is 10.1. The van der Waals surface area contributed by atoms with E-state index in [-0.39, 0.29) is 22.2 Å². The van der Waals surface area contributed by atoms with Gasteiger partial charge in [0.2, 0.25) is 5.82 Å². The van der Waals surface area contributed by atoms with Crippen molar-refractivity contribution >= 4 is 5.82 Å². The normalized spacial score (nSPS) is 13.8. The van der Waals surface area contributed by atoms with Crippen LogP contribution in [0.1, 0.15) is 91.6 Å². The summed E-state index contributed by atoms with van der Waals surface area (Å²) in [5.74, 6) is 1.26. The van der Waals surface area contributed by atoms with Crippen molar-refractivity contribution in [2.24, 2.45) is 16.0 Å². The third-order valence-corrected chi connectivity index (χ3v) is 5.66. The first-order valence-electron chi connectivity index (χ1n) is 11.8. The van der Waals surface area contributed by atoms with E-state index < -0.39 is 12.2 Å². The second kappa shape index (κ2) is 13.4. The molecule has 0 saturated heterocycles. The van der Waals surface area contributed by atoms with Gasteiger partial charge in [-0.05, 0) is 54.5 Å². The third-order valence-electron chi connectivity index (χ3n) is 5.66. The zero-order valence-corrected chi connectivity index (χ0v) is 20.9. The van der Waals surface area contributed by atoms with Gasteiger partial charge in [0.25, 0.3) is 5.56 Å². The highest BCUT2D eigenvalue weighted by atomic mass is 16.5. The lowest BCUT2D eigenvalue weighted by atomic mass is 9.81. The Balaban J connectivity index is 0.00000265. The summed E-state index contributed by atoms with van der Waals surface area (Å²) < 4.78 is 10.2. The minimum Gasteiger partial charge on any atom is -0.393 e. The number of nitroso groups, excluding NO2 is 1. The molecule has 2 heterocycles. The summed E-state index contributed by atoms with van der Waals surface area (Å²) in [6.07, 6.45) is 4.10. The summed E-state index contributed by atoms with van der Waals surface area (Å²) in [5.41, 5.74) is -0.482. The maximum Gasteiger partial charge on any atom is 0.280 e. The van der Waals surface area contributed by atoms with Crippen LogP contribution >= 0.6 is 0 Å². The monoisotopic (exact) mass is 467 g/mol. The second-order valence-electron chi connectivity index (χ2n) is 10.1. The molecule has 9 heteroatoms. The topological polar surface area (TPSA) is 142 Å². The Kier molecular flexibility index (Phi) is 11.7. The Hall–Kier alpha value is -2.26. The smallest absolute Gasteiger partial charge is 0.280 e. The lowest BCUT2D eigenvalue weighted by Crippen LogP contribution is -2.21. The molecule has 3 N–H and O–H groups in total. The maximum atomic E-state index is 11.2. The van der Waals surface area contributed by atoms with Gasteiger partial charge in [-0.3, -0.25) is 4.79 Å². The van der Waals surface area contributed by atoms with E-state index in [1.54, 1.807) is 0 Å². The summed E-state index contributed by atoms with van der Waals surface area (Å²) in [4.78, 5) is 21.6. The van der Waals surface area contributed by atoms with Crippen LogP contribution < -0.4 is 5.56 Å². The van der Waals surface area contributed by atoms with Crippen LogP contribution in [0.5, 0.6) is 0 Å². The molecule has 0 amide bonds. The average molecular weight is 468 g/mol. The molecular weight excluding hydrogens is 426 g/mol. The zero-order chi connectivity index (χ0) is 25.1. The van der Waals surface area contributed by atoms with Crippen molar-refractivity contribution in [3.05, 3.63) is 38.9 Å². The SMILES string of the molecule is CC.CC(C)(CCC(O)CCC(O)CCC(C)(C)Cc1cc(=O)[nH]o1)Cc1cc(N=O)no1. The number of nitrogens with zero attached hydrogens (tertiary/aromatic N) is 2. The maximum absolute atomic E-state index is 11.2. The molecule has 0 aromatic carbocycles. The molecule has 2 rings (SSSR count). The largest absolute Gasteiger partial charge is 0.393 e. The third kappa shape index (κ3) is 11.4. The highest BCUT2D eigenvalue weighted by Crippen LogP contribution is 2.31. The van der Waals surface area contributed by atoms with Gasteiger partial charge < -0.3 is 19.3 Å². The van der Waals surface area contributed by atoms with Crippen LogP contribution in [0.15, 0.2) is 31.2 Å². The summed E-state index contributed by atoms with van der Waals surface area (Å²) in [6, 6.07) is 2.99. The van der Waals surface area contributed by atoms with Crippen LogP contribution in [0.25, 0.3) is 0 Å². The minimum atomic E-state index is -0.488. The van der Waals surface area contributed by atoms with Gasteiger partial charge >= 0.3 is 0 Å². The number of rotatable bonds is 14. The number of aliphatic hydroxyl groups excluding tert-OH is 2. The van der Waals surface area contributed by atoms with Crippen molar-refractivity contribution in [3.63, 3.8) is 0 Å². The highest BCUT2D eigenvalue weighted by Gasteiger charge is 2.24. The van der Waals surface area contributed by atoms with Gasteiger partial charge in [0, 0.05) is 25.0 Å². The van der Waals surface area contributed by atoms with Crippen molar-refractivity contribution in [1.29, 1.82) is 0 Å². The van der Waals surface area contributed by atoms with Gasteiger partial charge in [0.05, 0.1) is 12.2 Å². The molecule has 2 aromatic rings.